The smallest absolute Gasteiger partial charge is 0.244 e. The molecule has 1 aliphatic rings. The Hall–Kier alpha value is -2.16. The highest BCUT2D eigenvalue weighted by molar-refractivity contribution is 7.92. The summed E-state index contributed by atoms with van der Waals surface area (Å²) in [5.74, 6) is 0.842. The van der Waals surface area contributed by atoms with Gasteiger partial charge in [0.15, 0.2) is 11.5 Å². The van der Waals surface area contributed by atoms with Crippen molar-refractivity contribution < 1.29 is 22.7 Å². The first-order chi connectivity index (χ1) is 14.6. The van der Waals surface area contributed by atoms with Crippen LogP contribution in [-0.4, -0.2) is 39.8 Å². The highest BCUT2D eigenvalue weighted by atomic mass is 35.5. The average Bonchev–Trinajstić information content (AvgIpc) is 2.72. The highest BCUT2D eigenvalue weighted by Crippen LogP contribution is 2.33. The van der Waals surface area contributed by atoms with Crippen molar-refractivity contribution in [3.05, 3.63) is 52.0 Å². The Balaban J connectivity index is 1.85. The molecule has 0 radical (unpaired) electrons. The number of halogens is 2. The minimum absolute atomic E-state index is 0.202. The number of hydrogen-bond donors (Lipinski definition) is 1. The fourth-order valence-electron chi connectivity index (χ4n) is 3.40. The second-order valence-corrected chi connectivity index (χ2v) is 9.89. The lowest BCUT2D eigenvalue weighted by Crippen LogP contribution is -2.49. The van der Waals surface area contributed by atoms with Crippen LogP contribution in [0.5, 0.6) is 11.5 Å². The molecule has 2 aromatic carbocycles. The SMILES string of the molecule is CCC(C(=O)NC(C)c1ccc2c(c1)OCCO2)N(c1ccc(Cl)c(Cl)c1)S(C)(=O)=O. The summed E-state index contributed by atoms with van der Waals surface area (Å²) in [4.78, 5) is 13.1. The van der Waals surface area contributed by atoms with Gasteiger partial charge in [0.1, 0.15) is 19.3 Å². The van der Waals surface area contributed by atoms with Gasteiger partial charge in [-0.2, -0.15) is 0 Å². The predicted molar refractivity (Wildman–Crippen MR) is 122 cm³/mol. The zero-order valence-corrected chi connectivity index (χ0v) is 19.7. The number of hydrogen-bond acceptors (Lipinski definition) is 5. The standard InChI is InChI=1S/C21H24Cl2N2O5S/c1-4-18(25(31(3,27)28)15-6-7-16(22)17(23)12-15)21(26)24-13(2)14-5-8-19-20(11-14)30-10-9-29-19/h5-8,11-13,18H,4,9-10H2,1-3H3,(H,24,26). The van der Waals surface area contributed by atoms with Gasteiger partial charge >= 0.3 is 0 Å². The molecule has 3 rings (SSSR count). The number of carbonyl (C=O) groups excluding carboxylic acids is 1. The lowest BCUT2D eigenvalue weighted by molar-refractivity contribution is -0.122. The quantitative estimate of drug-likeness (QED) is 0.633. The van der Waals surface area contributed by atoms with Gasteiger partial charge in [0, 0.05) is 0 Å². The van der Waals surface area contributed by atoms with Crippen molar-refractivity contribution in [2.24, 2.45) is 0 Å². The third kappa shape index (κ3) is 5.37. The van der Waals surface area contributed by atoms with E-state index in [0.717, 1.165) is 16.1 Å². The van der Waals surface area contributed by atoms with Gasteiger partial charge in [-0.3, -0.25) is 9.10 Å². The highest BCUT2D eigenvalue weighted by Gasteiger charge is 2.32. The molecule has 2 aromatic rings. The first-order valence-electron chi connectivity index (χ1n) is 9.76. The Morgan fingerprint density at radius 2 is 1.77 bits per heavy atom. The van der Waals surface area contributed by atoms with Gasteiger partial charge < -0.3 is 14.8 Å². The van der Waals surface area contributed by atoms with E-state index < -0.39 is 22.0 Å². The maximum absolute atomic E-state index is 13.1. The Bertz CT molecular complexity index is 1080. The molecule has 0 fully saturated rings. The van der Waals surface area contributed by atoms with Crippen molar-refractivity contribution >= 4 is 44.8 Å². The van der Waals surface area contributed by atoms with E-state index >= 15 is 0 Å². The summed E-state index contributed by atoms with van der Waals surface area (Å²) in [5, 5.41) is 3.40. The molecule has 0 spiro atoms. The Morgan fingerprint density at radius 1 is 1.10 bits per heavy atom. The van der Waals surface area contributed by atoms with E-state index in [1.165, 1.54) is 18.2 Å². The third-order valence-corrected chi connectivity index (χ3v) is 6.83. The molecule has 1 heterocycles. The monoisotopic (exact) mass is 486 g/mol. The van der Waals surface area contributed by atoms with Crippen LogP contribution in [0.2, 0.25) is 10.0 Å². The second kappa shape index (κ2) is 9.54. The summed E-state index contributed by atoms with van der Waals surface area (Å²) in [5.41, 5.74) is 1.08. The number of amides is 1. The molecule has 0 aliphatic carbocycles. The fraction of sp³-hybridized carbons (Fsp3) is 0.381. The van der Waals surface area contributed by atoms with Crippen molar-refractivity contribution in [2.45, 2.75) is 32.4 Å². The zero-order valence-electron chi connectivity index (χ0n) is 17.4. The molecule has 0 bridgehead atoms. The maximum atomic E-state index is 13.1. The molecule has 0 aromatic heterocycles. The predicted octanol–water partition coefficient (Wildman–Crippen LogP) is 4.19. The van der Waals surface area contributed by atoms with E-state index in [1.54, 1.807) is 13.0 Å². The molecular formula is C21H24Cl2N2O5S. The number of carbonyl (C=O) groups is 1. The van der Waals surface area contributed by atoms with Crippen molar-refractivity contribution in [1.82, 2.24) is 5.32 Å². The number of benzene rings is 2. The van der Waals surface area contributed by atoms with E-state index in [9.17, 15) is 13.2 Å². The van der Waals surface area contributed by atoms with Crippen LogP contribution in [0.3, 0.4) is 0 Å². The number of sulfonamides is 1. The molecule has 0 saturated carbocycles. The number of fused-ring (bicyclic) bond motifs is 1. The van der Waals surface area contributed by atoms with Crippen LogP contribution in [-0.2, 0) is 14.8 Å². The summed E-state index contributed by atoms with van der Waals surface area (Å²) in [7, 11) is -3.78. The van der Waals surface area contributed by atoms with Gasteiger partial charge in [-0.1, -0.05) is 36.2 Å². The van der Waals surface area contributed by atoms with Gasteiger partial charge in [0.05, 0.1) is 28.0 Å². The van der Waals surface area contributed by atoms with E-state index in [-0.39, 0.29) is 23.2 Å². The number of ether oxygens (including phenoxy) is 2. The molecule has 7 nitrogen and oxygen atoms in total. The van der Waals surface area contributed by atoms with Crippen LogP contribution < -0.4 is 19.1 Å². The van der Waals surface area contributed by atoms with Crippen LogP contribution in [0.4, 0.5) is 5.69 Å². The summed E-state index contributed by atoms with van der Waals surface area (Å²) in [6, 6.07) is 8.56. The normalized spacial score (nSPS) is 15.1. The summed E-state index contributed by atoms with van der Waals surface area (Å²) in [6.07, 6.45) is 1.31. The first-order valence-corrected chi connectivity index (χ1v) is 12.4. The average molecular weight is 487 g/mol. The maximum Gasteiger partial charge on any atom is 0.244 e. The minimum atomic E-state index is -3.78. The van der Waals surface area contributed by atoms with Crippen LogP contribution in [0.15, 0.2) is 36.4 Å². The Labute approximate surface area is 192 Å². The van der Waals surface area contributed by atoms with Crippen molar-refractivity contribution in [1.29, 1.82) is 0 Å². The summed E-state index contributed by atoms with van der Waals surface area (Å²) >= 11 is 12.0. The number of anilines is 1. The first kappa shape index (κ1) is 23.5. The van der Waals surface area contributed by atoms with Gasteiger partial charge in [-0.15, -0.1) is 0 Å². The van der Waals surface area contributed by atoms with Crippen molar-refractivity contribution in [2.75, 3.05) is 23.8 Å². The van der Waals surface area contributed by atoms with Gasteiger partial charge in [-0.25, -0.2) is 8.42 Å². The fourth-order valence-corrected chi connectivity index (χ4v) is 4.90. The van der Waals surface area contributed by atoms with E-state index in [0.29, 0.717) is 29.7 Å². The van der Waals surface area contributed by atoms with Crippen molar-refractivity contribution in [3.63, 3.8) is 0 Å². The number of nitrogens with zero attached hydrogens (tertiary/aromatic N) is 1. The topological polar surface area (TPSA) is 84.9 Å². The minimum Gasteiger partial charge on any atom is -0.486 e. The summed E-state index contributed by atoms with van der Waals surface area (Å²) in [6.45, 7) is 4.52. The molecule has 1 aliphatic heterocycles. The number of rotatable bonds is 7. The molecule has 2 unspecified atom stereocenters. The van der Waals surface area contributed by atoms with E-state index in [2.05, 4.69) is 5.32 Å². The zero-order chi connectivity index (χ0) is 22.8. The van der Waals surface area contributed by atoms with Gasteiger partial charge in [-0.05, 0) is 49.2 Å². The molecule has 1 amide bonds. The van der Waals surface area contributed by atoms with Gasteiger partial charge in [0.25, 0.3) is 0 Å². The molecule has 0 saturated heterocycles. The molecular weight excluding hydrogens is 463 g/mol. The lowest BCUT2D eigenvalue weighted by Gasteiger charge is -2.31. The summed E-state index contributed by atoms with van der Waals surface area (Å²) < 4.78 is 37.4. The van der Waals surface area contributed by atoms with Crippen LogP contribution in [0, 0.1) is 0 Å². The third-order valence-electron chi connectivity index (χ3n) is 4.91. The van der Waals surface area contributed by atoms with Crippen molar-refractivity contribution in [3.8, 4) is 11.5 Å². The lowest BCUT2D eigenvalue weighted by atomic mass is 10.1. The molecule has 1 N–H and O–H groups in total. The van der Waals surface area contributed by atoms with E-state index in [4.69, 9.17) is 32.7 Å². The molecule has 31 heavy (non-hydrogen) atoms. The van der Waals surface area contributed by atoms with Gasteiger partial charge in [0.2, 0.25) is 15.9 Å². The molecule has 10 heteroatoms. The largest absolute Gasteiger partial charge is 0.486 e. The second-order valence-electron chi connectivity index (χ2n) is 7.21. The van der Waals surface area contributed by atoms with E-state index in [1.807, 2.05) is 19.1 Å². The Morgan fingerprint density at radius 3 is 2.39 bits per heavy atom. The van der Waals surface area contributed by atoms with Crippen LogP contribution in [0.25, 0.3) is 0 Å². The molecule has 2 atom stereocenters. The van der Waals surface area contributed by atoms with Crippen LogP contribution >= 0.6 is 23.2 Å². The van der Waals surface area contributed by atoms with Crippen LogP contribution in [0.1, 0.15) is 31.9 Å². The Kier molecular flexibility index (Phi) is 7.24. The number of nitrogens with one attached hydrogen (secondary N) is 1. The molecule has 168 valence electrons.